The van der Waals surface area contributed by atoms with Crippen molar-refractivity contribution in [1.29, 1.82) is 0 Å². The van der Waals surface area contributed by atoms with Gasteiger partial charge < -0.3 is 13.6 Å². The molecule has 11 rings (SSSR count). The first-order valence-corrected chi connectivity index (χ1v) is 17.2. The highest BCUT2D eigenvalue weighted by atomic mass is 16.3. The van der Waals surface area contributed by atoms with Crippen molar-refractivity contribution in [2.75, 3.05) is 0 Å². The van der Waals surface area contributed by atoms with E-state index in [9.17, 15) is 0 Å². The van der Waals surface area contributed by atoms with Crippen molar-refractivity contribution < 1.29 is 4.42 Å². The van der Waals surface area contributed by atoms with Gasteiger partial charge in [0.25, 0.3) is 0 Å². The average molecular weight is 653 g/mol. The van der Waals surface area contributed by atoms with Crippen LogP contribution in [0, 0.1) is 0 Å². The maximum atomic E-state index is 6.65. The molecule has 0 aliphatic carbocycles. The molecular formula is C46H28N4O. The summed E-state index contributed by atoms with van der Waals surface area (Å²) in [4.78, 5) is 9.65. The zero-order valence-electron chi connectivity index (χ0n) is 27.4. The summed E-state index contributed by atoms with van der Waals surface area (Å²) in [7, 11) is 0. The Morgan fingerprint density at radius 2 is 0.941 bits per heavy atom. The fourth-order valence-corrected chi connectivity index (χ4v) is 7.93. The van der Waals surface area contributed by atoms with E-state index >= 15 is 0 Å². The summed E-state index contributed by atoms with van der Waals surface area (Å²) in [6.07, 6.45) is 3.75. The number of fused-ring (bicyclic) bond motifs is 9. The van der Waals surface area contributed by atoms with Crippen molar-refractivity contribution in [1.82, 2.24) is 19.1 Å². The van der Waals surface area contributed by atoms with Gasteiger partial charge in [0.2, 0.25) is 0 Å². The fourth-order valence-electron chi connectivity index (χ4n) is 7.93. The number of nitrogens with zero attached hydrogens (tertiary/aromatic N) is 4. The summed E-state index contributed by atoms with van der Waals surface area (Å²) in [6.45, 7) is 0. The second kappa shape index (κ2) is 10.8. The molecule has 0 fully saturated rings. The van der Waals surface area contributed by atoms with E-state index in [1.54, 1.807) is 0 Å². The van der Waals surface area contributed by atoms with Crippen LogP contribution in [0.15, 0.2) is 175 Å². The van der Waals surface area contributed by atoms with Gasteiger partial charge in [-0.1, -0.05) is 72.8 Å². The number of aromatic nitrogens is 4. The van der Waals surface area contributed by atoms with Gasteiger partial charge in [0, 0.05) is 50.9 Å². The summed E-state index contributed by atoms with van der Waals surface area (Å²) in [5.41, 5.74) is 14.8. The molecule has 0 N–H and O–H groups in total. The highest BCUT2D eigenvalue weighted by Gasteiger charge is 2.18. The first-order chi connectivity index (χ1) is 25.3. The second-order valence-corrected chi connectivity index (χ2v) is 13.0. The Morgan fingerprint density at radius 3 is 1.57 bits per heavy atom. The van der Waals surface area contributed by atoms with E-state index in [1.807, 2.05) is 36.7 Å². The molecule has 0 saturated heterocycles. The Labute approximate surface area is 292 Å². The van der Waals surface area contributed by atoms with Crippen LogP contribution in [0.25, 0.3) is 99.4 Å². The SMILES string of the molecule is c1ccc(-n2c3ccc(-c4ccc5oc6c(-c7ccc8c(c7)c7ncccc7n8-c7ccccc7)cccc6c5c4)cc3c3ncccc32)cc1. The molecule has 0 atom stereocenters. The van der Waals surface area contributed by atoms with Crippen molar-refractivity contribution in [2.24, 2.45) is 0 Å². The minimum absolute atomic E-state index is 0.869. The van der Waals surface area contributed by atoms with Gasteiger partial charge in [-0.05, 0) is 102 Å². The van der Waals surface area contributed by atoms with Crippen molar-refractivity contribution in [3.05, 3.63) is 170 Å². The molecule has 238 valence electrons. The molecule has 5 nitrogen and oxygen atoms in total. The lowest BCUT2D eigenvalue weighted by molar-refractivity contribution is 0.670. The van der Waals surface area contributed by atoms with Crippen LogP contribution < -0.4 is 0 Å². The monoisotopic (exact) mass is 652 g/mol. The molecule has 0 spiro atoms. The van der Waals surface area contributed by atoms with Gasteiger partial charge in [0.1, 0.15) is 11.2 Å². The quantitative estimate of drug-likeness (QED) is 0.190. The number of hydrogen-bond acceptors (Lipinski definition) is 3. The molecule has 6 aromatic carbocycles. The average Bonchev–Trinajstić information content (AvgIpc) is 3.85. The van der Waals surface area contributed by atoms with Crippen LogP contribution in [0.2, 0.25) is 0 Å². The molecule has 0 saturated carbocycles. The van der Waals surface area contributed by atoms with E-state index in [0.29, 0.717) is 0 Å². The highest BCUT2D eigenvalue weighted by Crippen LogP contribution is 2.41. The smallest absolute Gasteiger partial charge is 0.143 e. The third-order valence-electron chi connectivity index (χ3n) is 10.2. The van der Waals surface area contributed by atoms with Gasteiger partial charge in [-0.2, -0.15) is 0 Å². The van der Waals surface area contributed by atoms with Crippen LogP contribution in [0.3, 0.4) is 0 Å². The number of hydrogen-bond donors (Lipinski definition) is 0. The molecule has 51 heavy (non-hydrogen) atoms. The van der Waals surface area contributed by atoms with Gasteiger partial charge >= 0.3 is 0 Å². The predicted molar refractivity (Wildman–Crippen MR) is 209 cm³/mol. The maximum absolute atomic E-state index is 6.65. The zero-order chi connectivity index (χ0) is 33.5. The Hall–Kier alpha value is -6.98. The molecule has 5 heterocycles. The Balaban J connectivity index is 1.06. The van der Waals surface area contributed by atoms with Crippen LogP contribution in [0.1, 0.15) is 0 Å². The summed E-state index contributed by atoms with van der Waals surface area (Å²) < 4.78 is 11.2. The van der Waals surface area contributed by atoms with Crippen molar-refractivity contribution in [2.45, 2.75) is 0 Å². The molecule has 5 aromatic heterocycles. The predicted octanol–water partition coefficient (Wildman–Crippen LogP) is 11.9. The third kappa shape index (κ3) is 4.15. The first kappa shape index (κ1) is 27.9. The Kier molecular flexibility index (Phi) is 5.89. The number of furan rings is 1. The minimum atomic E-state index is 0.869. The van der Waals surface area contributed by atoms with Crippen LogP contribution in [0.4, 0.5) is 0 Å². The van der Waals surface area contributed by atoms with E-state index in [0.717, 1.165) is 99.4 Å². The van der Waals surface area contributed by atoms with Gasteiger partial charge in [0.05, 0.1) is 33.1 Å². The zero-order valence-corrected chi connectivity index (χ0v) is 27.4. The molecular weight excluding hydrogens is 625 g/mol. The summed E-state index contributed by atoms with van der Waals surface area (Å²) >= 11 is 0. The summed E-state index contributed by atoms with van der Waals surface area (Å²) in [5.74, 6) is 0. The summed E-state index contributed by atoms with van der Waals surface area (Å²) in [6, 6.07) is 55.6. The number of pyridine rings is 2. The minimum Gasteiger partial charge on any atom is -0.455 e. The van der Waals surface area contributed by atoms with Crippen LogP contribution in [-0.2, 0) is 0 Å². The maximum Gasteiger partial charge on any atom is 0.143 e. The molecule has 0 unspecified atom stereocenters. The van der Waals surface area contributed by atoms with Crippen molar-refractivity contribution >= 4 is 65.8 Å². The normalized spacial score (nSPS) is 11.9. The van der Waals surface area contributed by atoms with Crippen LogP contribution in [-0.4, -0.2) is 19.1 Å². The van der Waals surface area contributed by atoms with Gasteiger partial charge in [-0.3, -0.25) is 9.97 Å². The second-order valence-electron chi connectivity index (χ2n) is 13.0. The van der Waals surface area contributed by atoms with E-state index in [4.69, 9.17) is 14.4 Å². The summed E-state index contributed by atoms with van der Waals surface area (Å²) in [5, 5.41) is 4.43. The Morgan fingerprint density at radius 1 is 0.392 bits per heavy atom. The standard InChI is InChI=1S/C46H28N4O/c1-3-10-32(11-4-1)49-39-21-18-29(27-37(39)44-41(49)16-8-24-47-44)30-20-23-43-36(26-30)35-15-7-14-34(46(35)51-43)31-19-22-40-38(28-31)45-42(17-9-25-48-45)50(40)33-12-5-2-6-13-33/h1-28H. The largest absolute Gasteiger partial charge is 0.455 e. The first-order valence-electron chi connectivity index (χ1n) is 17.2. The number of benzene rings is 6. The van der Waals surface area contributed by atoms with Crippen molar-refractivity contribution in [3.63, 3.8) is 0 Å². The van der Waals surface area contributed by atoms with Gasteiger partial charge in [-0.15, -0.1) is 0 Å². The fraction of sp³-hybridized carbons (Fsp3) is 0. The lowest BCUT2D eigenvalue weighted by Gasteiger charge is -2.08. The number of rotatable bonds is 4. The van der Waals surface area contributed by atoms with E-state index < -0.39 is 0 Å². The molecule has 0 aliphatic rings. The molecule has 5 heteroatoms. The van der Waals surface area contributed by atoms with Gasteiger partial charge in [0.15, 0.2) is 0 Å². The van der Waals surface area contributed by atoms with Crippen LogP contribution in [0.5, 0.6) is 0 Å². The lowest BCUT2D eigenvalue weighted by Crippen LogP contribution is -1.93. The molecule has 0 amide bonds. The van der Waals surface area contributed by atoms with Crippen molar-refractivity contribution in [3.8, 4) is 33.6 Å². The molecule has 0 aliphatic heterocycles. The van der Waals surface area contributed by atoms with Crippen LogP contribution >= 0.6 is 0 Å². The number of para-hydroxylation sites is 3. The van der Waals surface area contributed by atoms with Gasteiger partial charge in [-0.25, -0.2) is 0 Å². The molecule has 0 bridgehead atoms. The molecule has 11 aromatic rings. The van der Waals surface area contributed by atoms with E-state index in [-0.39, 0.29) is 0 Å². The van der Waals surface area contributed by atoms with E-state index in [2.05, 4.69) is 143 Å². The molecule has 0 radical (unpaired) electrons. The lowest BCUT2D eigenvalue weighted by atomic mass is 9.99. The van der Waals surface area contributed by atoms with E-state index in [1.165, 1.54) is 0 Å². The highest BCUT2D eigenvalue weighted by molar-refractivity contribution is 6.13. The topological polar surface area (TPSA) is 48.8 Å². The Bertz CT molecular complexity index is 3130. The third-order valence-corrected chi connectivity index (χ3v) is 10.2.